The Labute approximate surface area is 124 Å². The molecule has 1 aromatic carbocycles. The van der Waals surface area contributed by atoms with Crippen molar-refractivity contribution in [3.8, 4) is 0 Å². The van der Waals surface area contributed by atoms with Gasteiger partial charge in [-0.15, -0.1) is 0 Å². The second-order valence-corrected chi connectivity index (χ2v) is 6.23. The van der Waals surface area contributed by atoms with Gasteiger partial charge in [0.25, 0.3) is 0 Å². The lowest BCUT2D eigenvalue weighted by molar-refractivity contribution is 0.110. The van der Waals surface area contributed by atoms with Crippen molar-refractivity contribution in [1.29, 1.82) is 0 Å². The number of nitrogens with one attached hydrogen (secondary N) is 1. The first-order valence-corrected chi connectivity index (χ1v) is 7.77. The monoisotopic (exact) mass is 326 g/mol. The van der Waals surface area contributed by atoms with Crippen molar-refractivity contribution < 1.29 is 5.11 Å². The van der Waals surface area contributed by atoms with Crippen LogP contribution in [0.4, 0.5) is 5.69 Å². The Kier molecular flexibility index (Phi) is 5.25. The van der Waals surface area contributed by atoms with Crippen LogP contribution in [0.5, 0.6) is 0 Å². The first-order chi connectivity index (χ1) is 9.11. The summed E-state index contributed by atoms with van der Waals surface area (Å²) in [5.41, 5.74) is 2.56. The summed E-state index contributed by atoms with van der Waals surface area (Å²) in [6, 6.07) is 6.58. The van der Waals surface area contributed by atoms with Crippen molar-refractivity contribution >= 4 is 21.6 Å². The molecule has 0 radical (unpaired) electrons. The van der Waals surface area contributed by atoms with Gasteiger partial charge in [0.05, 0.1) is 6.10 Å². The minimum Gasteiger partial charge on any atom is -0.393 e. The summed E-state index contributed by atoms with van der Waals surface area (Å²) in [6.45, 7) is 4.86. The third kappa shape index (κ3) is 3.71. The van der Waals surface area contributed by atoms with Crippen LogP contribution in [-0.2, 0) is 6.54 Å². The van der Waals surface area contributed by atoms with E-state index in [4.69, 9.17) is 0 Å². The summed E-state index contributed by atoms with van der Waals surface area (Å²) in [6.07, 6.45) is 1.98. The minimum absolute atomic E-state index is 0.174. The fourth-order valence-corrected chi connectivity index (χ4v) is 3.21. The fraction of sp³-hybridized carbons (Fsp3) is 0.600. The van der Waals surface area contributed by atoms with Crippen LogP contribution in [0, 0.1) is 5.92 Å². The molecule has 1 unspecified atom stereocenters. The van der Waals surface area contributed by atoms with E-state index >= 15 is 0 Å². The molecule has 1 saturated heterocycles. The predicted molar refractivity (Wildman–Crippen MR) is 83.5 cm³/mol. The molecule has 1 aliphatic heterocycles. The molecule has 19 heavy (non-hydrogen) atoms. The van der Waals surface area contributed by atoms with E-state index in [1.807, 2.05) is 14.0 Å². The number of anilines is 1. The summed E-state index contributed by atoms with van der Waals surface area (Å²) < 4.78 is 1.16. The van der Waals surface area contributed by atoms with Crippen LogP contribution in [-0.4, -0.2) is 31.3 Å². The van der Waals surface area contributed by atoms with Crippen LogP contribution in [0.25, 0.3) is 0 Å². The second-order valence-electron chi connectivity index (χ2n) is 5.37. The molecule has 2 rings (SSSR count). The summed E-state index contributed by atoms with van der Waals surface area (Å²) >= 11 is 3.64. The molecule has 3 nitrogen and oxygen atoms in total. The first-order valence-electron chi connectivity index (χ1n) is 6.98. The molecular formula is C15H23BrN2O. The van der Waals surface area contributed by atoms with E-state index in [1.54, 1.807) is 0 Å². The smallest absolute Gasteiger partial charge is 0.0541 e. The molecule has 0 saturated carbocycles. The van der Waals surface area contributed by atoms with Crippen molar-refractivity contribution in [3.63, 3.8) is 0 Å². The first kappa shape index (κ1) is 14.8. The number of rotatable bonds is 4. The third-order valence-corrected chi connectivity index (χ3v) is 4.73. The Bertz CT molecular complexity index is 415. The van der Waals surface area contributed by atoms with Crippen LogP contribution in [0.3, 0.4) is 0 Å². The van der Waals surface area contributed by atoms with Gasteiger partial charge in [0.1, 0.15) is 0 Å². The SMILES string of the molecule is CNCc1ccc(N2CCC(C(C)O)CC2)cc1Br. The Morgan fingerprint density at radius 2 is 2.11 bits per heavy atom. The molecule has 4 heteroatoms. The average Bonchev–Trinajstić information content (AvgIpc) is 2.41. The maximum absolute atomic E-state index is 9.64. The second kappa shape index (κ2) is 6.73. The van der Waals surface area contributed by atoms with Gasteiger partial charge in [-0.25, -0.2) is 0 Å². The highest BCUT2D eigenvalue weighted by Crippen LogP contribution is 2.28. The Balaban J connectivity index is 2.01. The largest absolute Gasteiger partial charge is 0.393 e. The molecule has 0 aliphatic carbocycles. The lowest BCUT2D eigenvalue weighted by Crippen LogP contribution is -2.37. The topological polar surface area (TPSA) is 35.5 Å². The highest BCUT2D eigenvalue weighted by molar-refractivity contribution is 9.10. The van der Waals surface area contributed by atoms with Crippen LogP contribution >= 0.6 is 15.9 Å². The standard InChI is InChI=1S/C15H23BrN2O/c1-11(19)12-5-7-18(8-6-12)14-4-3-13(10-17-2)15(16)9-14/h3-4,9,11-12,17,19H,5-8,10H2,1-2H3. The van der Waals surface area contributed by atoms with Crippen LogP contribution in [0.2, 0.25) is 0 Å². The Hall–Kier alpha value is -0.580. The Morgan fingerprint density at radius 3 is 2.63 bits per heavy atom. The van der Waals surface area contributed by atoms with Gasteiger partial charge in [0, 0.05) is 29.8 Å². The highest BCUT2D eigenvalue weighted by atomic mass is 79.9. The van der Waals surface area contributed by atoms with Crippen LogP contribution in [0.15, 0.2) is 22.7 Å². The third-order valence-electron chi connectivity index (χ3n) is 3.99. The van der Waals surface area contributed by atoms with Gasteiger partial charge in [0.2, 0.25) is 0 Å². The Morgan fingerprint density at radius 1 is 1.42 bits per heavy atom. The number of benzene rings is 1. The van der Waals surface area contributed by atoms with Gasteiger partial charge in [-0.2, -0.15) is 0 Å². The molecule has 106 valence electrons. The number of hydrogen-bond donors (Lipinski definition) is 2. The van der Waals surface area contributed by atoms with Gasteiger partial charge in [-0.3, -0.25) is 0 Å². The normalized spacial score (nSPS) is 18.6. The molecule has 0 aromatic heterocycles. The molecule has 2 N–H and O–H groups in total. The van der Waals surface area contributed by atoms with E-state index in [0.29, 0.717) is 5.92 Å². The maximum atomic E-state index is 9.64. The number of nitrogens with zero attached hydrogens (tertiary/aromatic N) is 1. The molecule has 0 amide bonds. The molecular weight excluding hydrogens is 304 g/mol. The van der Waals surface area contributed by atoms with E-state index < -0.39 is 0 Å². The van der Waals surface area contributed by atoms with Crippen molar-refractivity contribution in [2.75, 3.05) is 25.0 Å². The lowest BCUT2D eigenvalue weighted by Gasteiger charge is -2.35. The van der Waals surface area contributed by atoms with Gasteiger partial charge in [-0.1, -0.05) is 22.0 Å². The zero-order valence-corrected chi connectivity index (χ0v) is 13.3. The summed E-state index contributed by atoms with van der Waals surface area (Å²) in [5, 5.41) is 12.8. The quantitative estimate of drug-likeness (QED) is 0.893. The molecule has 0 bridgehead atoms. The average molecular weight is 327 g/mol. The fourth-order valence-electron chi connectivity index (χ4n) is 2.71. The van der Waals surface area contributed by atoms with E-state index in [-0.39, 0.29) is 6.10 Å². The van der Waals surface area contributed by atoms with Crippen molar-refractivity contribution in [2.24, 2.45) is 5.92 Å². The molecule has 0 spiro atoms. The molecule has 1 aromatic rings. The van der Waals surface area contributed by atoms with Gasteiger partial charge >= 0.3 is 0 Å². The van der Waals surface area contributed by atoms with Crippen molar-refractivity contribution in [1.82, 2.24) is 5.32 Å². The van der Waals surface area contributed by atoms with Gasteiger partial charge in [-0.05, 0) is 50.4 Å². The van der Waals surface area contributed by atoms with Crippen LogP contribution in [0.1, 0.15) is 25.3 Å². The number of halogens is 1. The van der Waals surface area contributed by atoms with Gasteiger partial charge < -0.3 is 15.3 Å². The van der Waals surface area contributed by atoms with E-state index in [0.717, 1.165) is 36.9 Å². The van der Waals surface area contributed by atoms with Crippen molar-refractivity contribution in [2.45, 2.75) is 32.4 Å². The summed E-state index contributed by atoms with van der Waals surface area (Å²) in [5.74, 6) is 0.461. The van der Waals surface area contributed by atoms with E-state index in [1.165, 1.54) is 11.3 Å². The molecule has 1 atom stereocenters. The lowest BCUT2D eigenvalue weighted by atomic mass is 9.92. The number of piperidine rings is 1. The summed E-state index contributed by atoms with van der Waals surface area (Å²) in [4.78, 5) is 2.41. The number of hydrogen-bond acceptors (Lipinski definition) is 3. The minimum atomic E-state index is -0.174. The van der Waals surface area contributed by atoms with Crippen molar-refractivity contribution in [3.05, 3.63) is 28.2 Å². The molecule has 1 heterocycles. The molecule has 1 fully saturated rings. The van der Waals surface area contributed by atoms with E-state index in [2.05, 4.69) is 44.3 Å². The van der Waals surface area contributed by atoms with Crippen LogP contribution < -0.4 is 10.2 Å². The molecule has 1 aliphatic rings. The predicted octanol–water partition coefficient (Wildman–Crippen LogP) is 2.77. The highest BCUT2D eigenvalue weighted by Gasteiger charge is 2.22. The van der Waals surface area contributed by atoms with Gasteiger partial charge in [0.15, 0.2) is 0 Å². The maximum Gasteiger partial charge on any atom is 0.0541 e. The number of aliphatic hydroxyl groups excluding tert-OH is 1. The zero-order valence-electron chi connectivity index (χ0n) is 11.7. The number of aliphatic hydroxyl groups is 1. The zero-order chi connectivity index (χ0) is 13.8. The van der Waals surface area contributed by atoms with E-state index in [9.17, 15) is 5.11 Å². The summed E-state index contributed by atoms with van der Waals surface area (Å²) in [7, 11) is 1.96.